The number of thioether (sulfide) groups is 1. The van der Waals surface area contributed by atoms with E-state index in [2.05, 4.69) is 174 Å². The van der Waals surface area contributed by atoms with Crippen LogP contribution in [0.5, 0.6) is 0 Å². The highest BCUT2D eigenvalue weighted by Gasteiger charge is 2.30. The number of rotatable bonds is 6. The van der Waals surface area contributed by atoms with E-state index in [1.54, 1.807) is 0 Å². The molecule has 50 heavy (non-hydrogen) atoms. The molecule has 0 amide bonds. The standard InChI is InChI=1S/C45H34N2OS2/c1-4-13-40-32(8-1)28-41(48-40)30-18-24-34(25-19-30)47(35-26-20-31(21-27-35)45-46-39-12-3-6-15-43(39)50-45)33-22-16-29(17-23-33)36-10-7-11-38-37-9-2-5-14-42(37)49-44(36)38/h1-20,22-28,31-32,40,45-46H,21H2/t31-,32?,40?,45?/m0/s1. The maximum atomic E-state index is 6.32. The minimum atomic E-state index is 0.0916. The number of hydrogen-bond donors (Lipinski definition) is 1. The van der Waals surface area contributed by atoms with E-state index in [-0.39, 0.29) is 6.10 Å². The second-order valence-corrected chi connectivity index (χ2v) is 15.5. The molecule has 0 saturated carbocycles. The normalized spacial score (nSPS) is 21.8. The Bertz CT molecular complexity index is 2390. The summed E-state index contributed by atoms with van der Waals surface area (Å²) in [6.45, 7) is 0. The predicted molar refractivity (Wildman–Crippen MR) is 213 cm³/mol. The average Bonchev–Trinajstić information content (AvgIpc) is 3.91. The van der Waals surface area contributed by atoms with Gasteiger partial charge in [-0.1, -0.05) is 103 Å². The van der Waals surface area contributed by atoms with E-state index in [1.165, 1.54) is 47.6 Å². The zero-order valence-corrected chi connectivity index (χ0v) is 28.9. The van der Waals surface area contributed by atoms with Crippen LogP contribution in [0.1, 0.15) is 12.0 Å². The Morgan fingerprint density at radius 3 is 2.26 bits per heavy atom. The van der Waals surface area contributed by atoms with Crippen molar-refractivity contribution in [1.29, 1.82) is 0 Å². The van der Waals surface area contributed by atoms with Gasteiger partial charge in [-0.15, -0.1) is 11.3 Å². The quantitative estimate of drug-likeness (QED) is 0.189. The fourth-order valence-corrected chi connectivity index (χ4v) is 10.1. The maximum Gasteiger partial charge on any atom is 0.127 e. The van der Waals surface area contributed by atoms with Crippen LogP contribution < -0.4 is 10.2 Å². The van der Waals surface area contributed by atoms with Gasteiger partial charge >= 0.3 is 0 Å². The van der Waals surface area contributed by atoms with Crippen LogP contribution in [-0.2, 0) is 4.74 Å². The van der Waals surface area contributed by atoms with Crippen LogP contribution in [0.15, 0.2) is 174 Å². The number of benzene rings is 5. The molecule has 6 aromatic rings. The van der Waals surface area contributed by atoms with Crippen LogP contribution in [0.25, 0.3) is 37.1 Å². The van der Waals surface area contributed by atoms with Crippen molar-refractivity contribution in [3.63, 3.8) is 0 Å². The van der Waals surface area contributed by atoms with Gasteiger partial charge in [-0.05, 0) is 90.4 Å². The van der Waals surface area contributed by atoms with Crippen molar-refractivity contribution >= 4 is 66.1 Å². The zero-order chi connectivity index (χ0) is 33.0. The molecule has 3 unspecified atom stereocenters. The molecule has 1 aromatic heterocycles. The molecule has 242 valence electrons. The molecule has 1 N–H and O–H groups in total. The summed E-state index contributed by atoms with van der Waals surface area (Å²) in [7, 11) is 0. The van der Waals surface area contributed by atoms with Gasteiger partial charge in [0.2, 0.25) is 0 Å². The Morgan fingerprint density at radius 2 is 1.46 bits per heavy atom. The van der Waals surface area contributed by atoms with Crippen LogP contribution in [0.4, 0.5) is 17.1 Å². The molecule has 3 heterocycles. The van der Waals surface area contributed by atoms with Crippen LogP contribution in [0.3, 0.4) is 0 Å². The number of hydrogen-bond acceptors (Lipinski definition) is 5. The van der Waals surface area contributed by atoms with Crippen LogP contribution >= 0.6 is 23.1 Å². The second kappa shape index (κ2) is 12.3. The lowest BCUT2D eigenvalue weighted by molar-refractivity contribution is 0.213. The first-order valence-electron chi connectivity index (χ1n) is 17.3. The first-order chi connectivity index (χ1) is 24.7. The van der Waals surface area contributed by atoms with E-state index in [0.717, 1.165) is 29.1 Å². The molecular formula is C45H34N2OS2. The van der Waals surface area contributed by atoms with Crippen LogP contribution in [-0.4, -0.2) is 11.5 Å². The third-order valence-corrected chi connectivity index (χ3v) is 12.7. The fourth-order valence-electron chi connectivity index (χ4n) is 7.60. The fraction of sp³-hybridized carbons (Fsp3) is 0.111. The lowest BCUT2D eigenvalue weighted by Gasteiger charge is -2.30. The molecule has 4 aliphatic rings. The number of ether oxygens (including phenoxy) is 1. The summed E-state index contributed by atoms with van der Waals surface area (Å²) >= 11 is 3.82. The van der Waals surface area contributed by atoms with E-state index in [0.29, 0.717) is 17.2 Å². The molecule has 0 fully saturated rings. The van der Waals surface area contributed by atoms with Gasteiger partial charge in [-0.3, -0.25) is 0 Å². The Hall–Kier alpha value is -5.23. The van der Waals surface area contributed by atoms with E-state index >= 15 is 0 Å². The Kier molecular flexibility index (Phi) is 7.28. The first kappa shape index (κ1) is 29.7. The van der Waals surface area contributed by atoms with Gasteiger partial charge in [0, 0.05) is 65.2 Å². The number of nitrogens with one attached hydrogen (secondary N) is 1. The summed E-state index contributed by atoms with van der Waals surface area (Å²) in [5, 5.41) is 6.74. The summed E-state index contributed by atoms with van der Waals surface area (Å²) in [5.41, 5.74) is 8.31. The zero-order valence-electron chi connectivity index (χ0n) is 27.3. The van der Waals surface area contributed by atoms with Crippen LogP contribution in [0, 0.1) is 11.8 Å². The lowest BCUT2D eigenvalue weighted by atomic mass is 9.97. The largest absolute Gasteiger partial charge is 0.485 e. The van der Waals surface area contributed by atoms with Crippen molar-refractivity contribution in [1.82, 2.24) is 0 Å². The van der Waals surface area contributed by atoms with E-state index in [9.17, 15) is 0 Å². The van der Waals surface area contributed by atoms with E-state index in [4.69, 9.17) is 4.74 Å². The van der Waals surface area contributed by atoms with Crippen molar-refractivity contribution in [2.45, 2.75) is 22.8 Å². The molecule has 5 heteroatoms. The summed E-state index contributed by atoms with van der Waals surface area (Å²) in [6.07, 6.45) is 18.9. The van der Waals surface area contributed by atoms with E-state index < -0.39 is 0 Å². The highest BCUT2D eigenvalue weighted by atomic mass is 32.2. The van der Waals surface area contributed by atoms with Gasteiger partial charge in [0.1, 0.15) is 11.9 Å². The molecule has 2 aliphatic heterocycles. The Balaban J connectivity index is 0.976. The summed E-state index contributed by atoms with van der Waals surface area (Å²) in [6, 6.07) is 42.0. The molecule has 5 aromatic carbocycles. The highest BCUT2D eigenvalue weighted by Crippen LogP contribution is 2.45. The molecule has 0 saturated heterocycles. The molecule has 3 nitrogen and oxygen atoms in total. The lowest BCUT2D eigenvalue weighted by Crippen LogP contribution is -2.24. The topological polar surface area (TPSA) is 24.5 Å². The predicted octanol–water partition coefficient (Wildman–Crippen LogP) is 12.3. The number of nitrogens with zero attached hydrogens (tertiary/aromatic N) is 1. The highest BCUT2D eigenvalue weighted by molar-refractivity contribution is 8.00. The molecule has 0 spiro atoms. The van der Waals surface area contributed by atoms with Gasteiger partial charge in [0.05, 0.1) is 5.37 Å². The first-order valence-corrected chi connectivity index (χ1v) is 19.0. The summed E-state index contributed by atoms with van der Waals surface area (Å²) in [5.74, 6) is 1.66. The number of fused-ring (bicyclic) bond motifs is 5. The molecule has 0 radical (unpaired) electrons. The Labute approximate surface area is 300 Å². The molecule has 4 atom stereocenters. The second-order valence-electron chi connectivity index (χ2n) is 13.2. The van der Waals surface area contributed by atoms with Crippen molar-refractivity contribution in [2.75, 3.05) is 10.2 Å². The smallest absolute Gasteiger partial charge is 0.127 e. The van der Waals surface area contributed by atoms with Crippen molar-refractivity contribution in [2.24, 2.45) is 11.8 Å². The van der Waals surface area contributed by atoms with Crippen molar-refractivity contribution < 1.29 is 4.74 Å². The monoisotopic (exact) mass is 682 g/mol. The summed E-state index contributed by atoms with van der Waals surface area (Å²) < 4.78 is 8.99. The number of allylic oxidation sites excluding steroid dienone is 4. The Morgan fingerprint density at radius 1 is 0.700 bits per heavy atom. The summed E-state index contributed by atoms with van der Waals surface area (Å²) in [4.78, 5) is 3.72. The molecule has 0 bridgehead atoms. The SMILES string of the molecule is C1=CC2C=C(c3ccc(N(C4=CC[C@@H](C5Nc6ccccc6S5)C=C4)c4ccc(-c5cccc6c5sc5ccccc56)cc4)cc3)OC2C=C1. The average molecular weight is 683 g/mol. The minimum Gasteiger partial charge on any atom is -0.485 e. The van der Waals surface area contributed by atoms with E-state index in [1.807, 2.05) is 23.1 Å². The molecular weight excluding hydrogens is 649 g/mol. The minimum absolute atomic E-state index is 0.0916. The maximum absolute atomic E-state index is 6.32. The van der Waals surface area contributed by atoms with Crippen LogP contribution in [0.2, 0.25) is 0 Å². The number of para-hydroxylation sites is 1. The van der Waals surface area contributed by atoms with Gasteiger partial charge in [-0.2, -0.15) is 0 Å². The third kappa shape index (κ3) is 5.20. The molecule has 2 aliphatic carbocycles. The van der Waals surface area contributed by atoms with Gasteiger partial charge < -0.3 is 15.0 Å². The third-order valence-electron chi connectivity index (χ3n) is 10.2. The van der Waals surface area contributed by atoms with Gasteiger partial charge in [0.25, 0.3) is 0 Å². The molecule has 10 rings (SSSR count). The van der Waals surface area contributed by atoms with Gasteiger partial charge in [0.15, 0.2) is 0 Å². The van der Waals surface area contributed by atoms with Crippen molar-refractivity contribution in [3.8, 4) is 11.1 Å². The van der Waals surface area contributed by atoms with Crippen molar-refractivity contribution in [3.05, 3.63) is 175 Å². The van der Waals surface area contributed by atoms with Gasteiger partial charge in [-0.25, -0.2) is 0 Å². The number of thiophene rings is 1. The number of anilines is 3.